The second-order valence-electron chi connectivity index (χ2n) is 7.32. The van der Waals surface area contributed by atoms with E-state index in [0.29, 0.717) is 22.0 Å². The van der Waals surface area contributed by atoms with Crippen LogP contribution >= 0.6 is 0 Å². The molecule has 3 heterocycles. The molecule has 154 valence electrons. The Hall–Kier alpha value is -4.24. The van der Waals surface area contributed by atoms with Crippen LogP contribution in [0.3, 0.4) is 0 Å². The maximum absolute atomic E-state index is 12.8. The topological polar surface area (TPSA) is 119 Å². The van der Waals surface area contributed by atoms with Gasteiger partial charge in [0.2, 0.25) is 0 Å². The van der Waals surface area contributed by atoms with Crippen molar-refractivity contribution in [1.29, 1.82) is 0 Å². The fourth-order valence-electron chi connectivity index (χ4n) is 4.22. The molecule has 0 atom stereocenters. The first-order valence-electron chi connectivity index (χ1n) is 9.43. The van der Waals surface area contributed by atoms with Crippen LogP contribution in [0.5, 0.6) is 0 Å². The molecule has 5 rings (SSSR count). The lowest BCUT2D eigenvalue weighted by molar-refractivity contribution is -0.384. The number of carbonyl (C=O) groups is 2. The van der Waals surface area contributed by atoms with Crippen molar-refractivity contribution in [2.75, 3.05) is 0 Å². The standard InChI is InChI=1S/C22H16N4O5/c1-24-9-15(14-7-6-12(26(30)31)8-18(14)24)19-20(22(29)23-21(19)28)16-10-25(11-27)17-5-3-2-4-13(16)17/h2-10,27H,11H2,1H3,(H,23,28,29). The number of nitrogens with zero attached hydrogens (tertiary/aromatic N) is 3. The Bertz CT molecular complexity index is 1470. The van der Waals surface area contributed by atoms with Gasteiger partial charge in [0.05, 0.1) is 27.1 Å². The van der Waals surface area contributed by atoms with E-state index in [1.54, 1.807) is 34.6 Å². The zero-order chi connectivity index (χ0) is 21.9. The average molecular weight is 416 g/mol. The molecule has 0 bridgehead atoms. The Morgan fingerprint density at radius 2 is 1.61 bits per heavy atom. The second-order valence-corrected chi connectivity index (χ2v) is 7.32. The molecule has 2 amide bonds. The van der Waals surface area contributed by atoms with Gasteiger partial charge in [-0.25, -0.2) is 0 Å². The maximum atomic E-state index is 12.8. The van der Waals surface area contributed by atoms with E-state index in [0.717, 1.165) is 10.9 Å². The zero-order valence-electron chi connectivity index (χ0n) is 16.3. The van der Waals surface area contributed by atoms with E-state index in [9.17, 15) is 24.8 Å². The van der Waals surface area contributed by atoms with E-state index in [1.807, 2.05) is 24.3 Å². The zero-order valence-corrected chi connectivity index (χ0v) is 16.3. The first-order chi connectivity index (χ1) is 14.9. The lowest BCUT2D eigenvalue weighted by Crippen LogP contribution is -2.22. The number of non-ortho nitro benzene ring substituents is 1. The third-order valence-electron chi connectivity index (χ3n) is 5.60. The number of nitrogens with one attached hydrogen (secondary N) is 1. The van der Waals surface area contributed by atoms with Gasteiger partial charge in [-0.15, -0.1) is 0 Å². The Kier molecular flexibility index (Phi) is 4.02. The number of nitro groups is 1. The van der Waals surface area contributed by atoms with E-state index in [2.05, 4.69) is 5.32 Å². The van der Waals surface area contributed by atoms with Crippen LogP contribution in [0.1, 0.15) is 11.1 Å². The predicted octanol–water partition coefficient (Wildman–Crippen LogP) is 2.56. The number of aromatic nitrogens is 2. The van der Waals surface area contributed by atoms with E-state index in [1.165, 1.54) is 12.1 Å². The van der Waals surface area contributed by atoms with Crippen molar-refractivity contribution in [3.05, 3.63) is 76.1 Å². The summed E-state index contributed by atoms with van der Waals surface area (Å²) in [7, 11) is 1.72. The van der Waals surface area contributed by atoms with E-state index < -0.39 is 16.7 Å². The van der Waals surface area contributed by atoms with Gasteiger partial charge in [0.1, 0.15) is 6.73 Å². The van der Waals surface area contributed by atoms with Crippen LogP contribution in [0, 0.1) is 10.1 Å². The molecule has 2 N–H and O–H groups in total. The van der Waals surface area contributed by atoms with Gasteiger partial charge >= 0.3 is 0 Å². The number of rotatable bonds is 4. The number of aryl methyl sites for hydroxylation is 1. The number of amides is 2. The van der Waals surface area contributed by atoms with Crippen molar-refractivity contribution in [3.63, 3.8) is 0 Å². The quantitative estimate of drug-likeness (QED) is 0.301. The van der Waals surface area contributed by atoms with Crippen LogP contribution in [0.25, 0.3) is 33.0 Å². The summed E-state index contributed by atoms with van der Waals surface area (Å²) in [6.07, 6.45) is 3.33. The summed E-state index contributed by atoms with van der Waals surface area (Å²) in [4.78, 5) is 36.4. The van der Waals surface area contributed by atoms with Crippen molar-refractivity contribution in [1.82, 2.24) is 14.5 Å². The Morgan fingerprint density at radius 1 is 0.968 bits per heavy atom. The summed E-state index contributed by atoms with van der Waals surface area (Å²) in [5.41, 5.74) is 2.68. The summed E-state index contributed by atoms with van der Waals surface area (Å²) >= 11 is 0. The molecule has 0 saturated heterocycles. The molecule has 31 heavy (non-hydrogen) atoms. The summed E-state index contributed by atoms with van der Waals surface area (Å²) in [5, 5.41) is 24.6. The number of hydrogen-bond donors (Lipinski definition) is 2. The second kappa shape index (κ2) is 6.64. The summed E-state index contributed by atoms with van der Waals surface area (Å²) in [6.45, 7) is -0.281. The predicted molar refractivity (Wildman–Crippen MR) is 114 cm³/mol. The molecule has 9 nitrogen and oxygen atoms in total. The van der Waals surface area contributed by atoms with Crippen molar-refractivity contribution in [3.8, 4) is 0 Å². The summed E-state index contributed by atoms with van der Waals surface area (Å²) in [5.74, 6) is -1.06. The van der Waals surface area contributed by atoms with Crippen LogP contribution in [-0.2, 0) is 23.4 Å². The number of aliphatic hydroxyl groups is 1. The molecule has 0 unspecified atom stereocenters. The van der Waals surface area contributed by atoms with Crippen molar-refractivity contribution in [2.45, 2.75) is 6.73 Å². The van der Waals surface area contributed by atoms with Gasteiger partial charge in [0, 0.05) is 53.5 Å². The molecule has 4 aromatic rings. The largest absolute Gasteiger partial charge is 0.376 e. The molecule has 0 radical (unpaired) electrons. The van der Waals surface area contributed by atoms with Crippen LogP contribution in [0.15, 0.2) is 54.9 Å². The molecule has 2 aromatic heterocycles. The minimum Gasteiger partial charge on any atom is -0.376 e. The lowest BCUT2D eigenvalue weighted by Gasteiger charge is -2.03. The molecular formula is C22H16N4O5. The minimum absolute atomic E-state index is 0.0626. The number of para-hydroxylation sites is 1. The molecule has 0 spiro atoms. The Balaban J connectivity index is 1.83. The summed E-state index contributed by atoms with van der Waals surface area (Å²) < 4.78 is 3.28. The molecular weight excluding hydrogens is 400 g/mol. The molecule has 1 aliphatic heterocycles. The highest BCUT2D eigenvalue weighted by Gasteiger charge is 2.35. The van der Waals surface area contributed by atoms with Gasteiger partial charge < -0.3 is 14.2 Å². The number of fused-ring (bicyclic) bond motifs is 2. The Labute approximate surface area is 175 Å². The molecule has 0 saturated carbocycles. The van der Waals surface area contributed by atoms with Crippen LogP contribution in [-0.4, -0.2) is 31.0 Å². The Morgan fingerprint density at radius 3 is 2.29 bits per heavy atom. The van der Waals surface area contributed by atoms with Crippen LogP contribution < -0.4 is 5.32 Å². The molecule has 1 aliphatic rings. The van der Waals surface area contributed by atoms with E-state index in [-0.39, 0.29) is 23.6 Å². The van der Waals surface area contributed by atoms with Gasteiger partial charge in [-0.05, 0) is 12.1 Å². The van der Waals surface area contributed by atoms with E-state index >= 15 is 0 Å². The number of benzene rings is 2. The minimum atomic E-state index is -0.535. The van der Waals surface area contributed by atoms with Gasteiger partial charge in [-0.1, -0.05) is 18.2 Å². The number of imide groups is 1. The highest BCUT2D eigenvalue weighted by atomic mass is 16.6. The van der Waals surface area contributed by atoms with Crippen molar-refractivity contribution >= 4 is 50.5 Å². The summed E-state index contributed by atoms with van der Waals surface area (Å²) in [6, 6.07) is 11.7. The monoisotopic (exact) mass is 416 g/mol. The molecule has 0 fully saturated rings. The third-order valence-corrected chi connectivity index (χ3v) is 5.60. The van der Waals surface area contributed by atoms with Gasteiger partial charge in [0.25, 0.3) is 17.5 Å². The van der Waals surface area contributed by atoms with Gasteiger partial charge in [-0.3, -0.25) is 25.0 Å². The van der Waals surface area contributed by atoms with Crippen LogP contribution in [0.2, 0.25) is 0 Å². The number of nitro benzene ring substituents is 1. The van der Waals surface area contributed by atoms with Gasteiger partial charge in [0.15, 0.2) is 0 Å². The normalized spacial score (nSPS) is 14.1. The van der Waals surface area contributed by atoms with Crippen LogP contribution in [0.4, 0.5) is 5.69 Å². The van der Waals surface area contributed by atoms with Crippen molar-refractivity contribution < 1.29 is 19.6 Å². The fraction of sp³-hybridized carbons (Fsp3) is 0.0909. The fourth-order valence-corrected chi connectivity index (χ4v) is 4.22. The highest BCUT2D eigenvalue weighted by Crippen LogP contribution is 2.39. The first kappa shape index (κ1) is 18.8. The SMILES string of the molecule is Cn1cc(C2=C(c3cn(CO)c4ccccc34)C(=O)NC2=O)c2ccc([N+](=O)[O-])cc21. The van der Waals surface area contributed by atoms with E-state index in [4.69, 9.17) is 0 Å². The highest BCUT2D eigenvalue weighted by molar-refractivity contribution is 6.50. The smallest absolute Gasteiger partial charge is 0.271 e. The lowest BCUT2D eigenvalue weighted by atomic mass is 9.95. The number of hydrogen-bond acceptors (Lipinski definition) is 5. The number of carbonyl (C=O) groups excluding carboxylic acids is 2. The third kappa shape index (κ3) is 2.67. The first-order valence-corrected chi connectivity index (χ1v) is 9.43. The maximum Gasteiger partial charge on any atom is 0.271 e. The average Bonchev–Trinajstić information content (AvgIpc) is 3.38. The molecule has 0 aliphatic carbocycles. The molecule has 9 heteroatoms. The number of aliphatic hydroxyl groups excluding tert-OH is 1. The van der Waals surface area contributed by atoms with Gasteiger partial charge in [-0.2, -0.15) is 0 Å². The van der Waals surface area contributed by atoms with Crippen molar-refractivity contribution in [2.24, 2.45) is 7.05 Å². The molecule has 2 aromatic carbocycles.